The molecule has 26 heavy (non-hydrogen) atoms. The van der Waals surface area contributed by atoms with E-state index >= 15 is 0 Å². The molecule has 1 heterocycles. The zero-order valence-electron chi connectivity index (χ0n) is 16.2. The summed E-state index contributed by atoms with van der Waals surface area (Å²) >= 11 is 0. The van der Waals surface area contributed by atoms with Crippen LogP contribution in [0.25, 0.3) is 0 Å². The Kier molecular flexibility index (Phi) is 9.95. The highest BCUT2D eigenvalue weighted by Gasteiger charge is 2.12. The minimum atomic E-state index is -0.405. The van der Waals surface area contributed by atoms with E-state index in [2.05, 4.69) is 17.1 Å². The summed E-state index contributed by atoms with van der Waals surface area (Å²) in [5, 5.41) is 2.77. The second kappa shape index (κ2) is 12.6. The monoisotopic (exact) mass is 362 g/mol. The van der Waals surface area contributed by atoms with Gasteiger partial charge in [0.05, 0.1) is 6.61 Å². The lowest BCUT2D eigenvalue weighted by molar-refractivity contribution is 0.146. The highest BCUT2D eigenvalue weighted by Crippen LogP contribution is 2.18. The fourth-order valence-corrected chi connectivity index (χ4v) is 3.16. The molecule has 0 saturated carbocycles. The van der Waals surface area contributed by atoms with Crippen molar-refractivity contribution in [2.45, 2.75) is 58.3 Å². The zero-order chi connectivity index (χ0) is 18.5. The molecule has 5 heteroatoms. The molecule has 0 aliphatic carbocycles. The van der Waals surface area contributed by atoms with Crippen LogP contribution in [0.5, 0.6) is 5.75 Å². The number of nitrogens with one attached hydrogen (secondary N) is 1. The molecule has 2 rings (SSSR count). The van der Waals surface area contributed by atoms with Gasteiger partial charge in [-0.2, -0.15) is 0 Å². The van der Waals surface area contributed by atoms with Crippen molar-refractivity contribution in [2.75, 3.05) is 38.2 Å². The van der Waals surface area contributed by atoms with E-state index in [1.54, 1.807) is 0 Å². The van der Waals surface area contributed by atoms with E-state index in [1.807, 2.05) is 24.3 Å². The fraction of sp³-hybridized carbons (Fsp3) is 0.667. The van der Waals surface area contributed by atoms with E-state index in [1.165, 1.54) is 44.9 Å². The zero-order valence-corrected chi connectivity index (χ0v) is 16.2. The van der Waals surface area contributed by atoms with Crippen LogP contribution in [0.1, 0.15) is 58.3 Å². The van der Waals surface area contributed by atoms with E-state index in [4.69, 9.17) is 9.47 Å². The molecule has 1 N–H and O–H groups in total. The highest BCUT2D eigenvalue weighted by molar-refractivity contribution is 5.84. The van der Waals surface area contributed by atoms with Gasteiger partial charge in [-0.15, -0.1) is 0 Å². The van der Waals surface area contributed by atoms with Crippen LogP contribution in [0.3, 0.4) is 0 Å². The van der Waals surface area contributed by atoms with Crippen molar-refractivity contribution in [1.29, 1.82) is 0 Å². The van der Waals surface area contributed by atoms with Crippen LogP contribution in [0, 0.1) is 0 Å². The summed E-state index contributed by atoms with van der Waals surface area (Å²) in [6.45, 7) is 6.42. The third kappa shape index (κ3) is 8.56. The number of carbonyl (C=O) groups is 1. The van der Waals surface area contributed by atoms with Crippen LogP contribution in [0.15, 0.2) is 24.3 Å². The van der Waals surface area contributed by atoms with E-state index < -0.39 is 6.09 Å². The summed E-state index contributed by atoms with van der Waals surface area (Å²) in [6.07, 6.45) is 9.56. The first-order valence-corrected chi connectivity index (χ1v) is 10.2. The van der Waals surface area contributed by atoms with Crippen molar-refractivity contribution in [2.24, 2.45) is 0 Å². The molecule has 1 amide bonds. The number of nitrogens with zero attached hydrogens (tertiary/aromatic N) is 1. The number of rotatable bonds is 12. The molecular formula is C21H34N2O3. The Hall–Kier alpha value is -1.75. The average Bonchev–Trinajstić information content (AvgIpc) is 3.15. The molecule has 1 aliphatic rings. The largest absolute Gasteiger partial charge is 0.494 e. The molecule has 1 aliphatic heterocycles. The topological polar surface area (TPSA) is 50.8 Å². The lowest BCUT2D eigenvalue weighted by Crippen LogP contribution is -2.26. The first-order chi connectivity index (χ1) is 12.8. The number of amides is 1. The first-order valence-electron chi connectivity index (χ1n) is 10.2. The molecule has 0 aromatic heterocycles. The maximum Gasteiger partial charge on any atom is 0.411 e. The standard InChI is InChI=1S/C21H34N2O3/c1-2-3-4-5-6-9-16-25-20-12-10-11-19(18-20)22-21(24)26-17-15-23-13-7-8-14-23/h10-12,18H,2-9,13-17H2,1H3,(H,22,24). The lowest BCUT2D eigenvalue weighted by atomic mass is 10.1. The van der Waals surface area contributed by atoms with Gasteiger partial charge in [0.1, 0.15) is 12.4 Å². The lowest BCUT2D eigenvalue weighted by Gasteiger charge is -2.14. The minimum Gasteiger partial charge on any atom is -0.494 e. The van der Waals surface area contributed by atoms with Crippen molar-refractivity contribution < 1.29 is 14.3 Å². The van der Waals surface area contributed by atoms with Crippen LogP contribution in [0.2, 0.25) is 0 Å². The number of unbranched alkanes of at least 4 members (excludes halogenated alkanes) is 5. The third-order valence-electron chi connectivity index (χ3n) is 4.69. The van der Waals surface area contributed by atoms with Gasteiger partial charge in [0.2, 0.25) is 0 Å². The van der Waals surface area contributed by atoms with Gasteiger partial charge in [-0.05, 0) is 44.5 Å². The number of benzene rings is 1. The Balaban J connectivity index is 1.60. The van der Waals surface area contributed by atoms with Crippen LogP contribution < -0.4 is 10.1 Å². The number of anilines is 1. The predicted molar refractivity (Wildman–Crippen MR) is 106 cm³/mol. The molecule has 0 unspecified atom stereocenters. The Morgan fingerprint density at radius 3 is 2.65 bits per heavy atom. The summed E-state index contributed by atoms with van der Waals surface area (Å²) in [5.41, 5.74) is 0.705. The Morgan fingerprint density at radius 1 is 1.08 bits per heavy atom. The quantitative estimate of drug-likeness (QED) is 0.527. The number of ether oxygens (including phenoxy) is 2. The molecular weight excluding hydrogens is 328 g/mol. The molecule has 0 spiro atoms. The van der Waals surface area contributed by atoms with Gasteiger partial charge in [0.15, 0.2) is 0 Å². The number of likely N-dealkylation sites (tertiary alicyclic amines) is 1. The van der Waals surface area contributed by atoms with Crippen LogP contribution in [0.4, 0.5) is 10.5 Å². The van der Waals surface area contributed by atoms with Crippen molar-refractivity contribution >= 4 is 11.8 Å². The summed E-state index contributed by atoms with van der Waals surface area (Å²) < 4.78 is 11.0. The van der Waals surface area contributed by atoms with Gasteiger partial charge < -0.3 is 9.47 Å². The maximum absolute atomic E-state index is 11.9. The molecule has 0 radical (unpaired) electrons. The van der Waals surface area contributed by atoms with Gasteiger partial charge in [-0.3, -0.25) is 10.2 Å². The molecule has 1 fully saturated rings. The van der Waals surface area contributed by atoms with Crippen LogP contribution >= 0.6 is 0 Å². The van der Waals surface area contributed by atoms with E-state index in [0.717, 1.165) is 38.4 Å². The first kappa shape index (κ1) is 20.6. The molecule has 1 saturated heterocycles. The second-order valence-electron chi connectivity index (χ2n) is 6.95. The Labute approximate surface area is 158 Å². The fourth-order valence-electron chi connectivity index (χ4n) is 3.16. The normalized spacial score (nSPS) is 14.3. The van der Waals surface area contributed by atoms with E-state index in [-0.39, 0.29) is 0 Å². The number of carbonyl (C=O) groups excluding carboxylic acids is 1. The van der Waals surface area contributed by atoms with Crippen LogP contribution in [-0.2, 0) is 4.74 Å². The van der Waals surface area contributed by atoms with Crippen molar-refractivity contribution in [1.82, 2.24) is 4.90 Å². The third-order valence-corrected chi connectivity index (χ3v) is 4.69. The predicted octanol–water partition coefficient (Wildman–Crippen LogP) is 5.07. The molecule has 0 bridgehead atoms. The molecule has 146 valence electrons. The minimum absolute atomic E-state index is 0.405. The van der Waals surface area contributed by atoms with Crippen molar-refractivity contribution in [3.8, 4) is 5.75 Å². The second-order valence-corrected chi connectivity index (χ2v) is 6.95. The molecule has 1 aromatic carbocycles. The molecule has 1 aromatic rings. The van der Waals surface area contributed by atoms with E-state index in [0.29, 0.717) is 12.3 Å². The van der Waals surface area contributed by atoms with Crippen molar-refractivity contribution in [3.05, 3.63) is 24.3 Å². The van der Waals surface area contributed by atoms with Gasteiger partial charge in [0.25, 0.3) is 0 Å². The maximum atomic E-state index is 11.9. The van der Waals surface area contributed by atoms with Crippen LogP contribution in [-0.4, -0.2) is 43.8 Å². The average molecular weight is 363 g/mol. The Morgan fingerprint density at radius 2 is 1.85 bits per heavy atom. The SMILES string of the molecule is CCCCCCCCOc1cccc(NC(=O)OCCN2CCCC2)c1. The van der Waals surface area contributed by atoms with Gasteiger partial charge >= 0.3 is 6.09 Å². The van der Waals surface area contributed by atoms with Crippen molar-refractivity contribution in [3.63, 3.8) is 0 Å². The van der Waals surface area contributed by atoms with Gasteiger partial charge in [-0.25, -0.2) is 4.79 Å². The smallest absolute Gasteiger partial charge is 0.411 e. The van der Waals surface area contributed by atoms with E-state index in [9.17, 15) is 4.79 Å². The number of hydrogen-bond donors (Lipinski definition) is 1. The molecule has 0 atom stereocenters. The number of hydrogen-bond acceptors (Lipinski definition) is 4. The Bertz CT molecular complexity index is 516. The summed E-state index contributed by atoms with van der Waals surface area (Å²) in [5.74, 6) is 0.786. The summed E-state index contributed by atoms with van der Waals surface area (Å²) in [7, 11) is 0. The van der Waals surface area contributed by atoms with Gasteiger partial charge in [0, 0.05) is 18.3 Å². The summed E-state index contributed by atoms with van der Waals surface area (Å²) in [6, 6.07) is 7.50. The van der Waals surface area contributed by atoms with Gasteiger partial charge in [-0.1, -0.05) is 45.1 Å². The highest BCUT2D eigenvalue weighted by atomic mass is 16.5. The summed E-state index contributed by atoms with van der Waals surface area (Å²) in [4.78, 5) is 14.2. The molecule has 5 nitrogen and oxygen atoms in total.